The van der Waals surface area contributed by atoms with Crippen LogP contribution in [0.3, 0.4) is 0 Å². The summed E-state index contributed by atoms with van der Waals surface area (Å²) in [5, 5.41) is 6.93. The standard InChI is InChI=1S/C31H31N7O3/c1-6-7-30(39)36-26-16-23-24(17-29(26)40-13-12-37(3)4)32-18-33-31(23)35-21-8-11-28(20(2)14-21)41-22-9-10-27-25(15-22)34-19-38(27)5/h8-11,14-19H,12-13H2,1-5H3,(H,36,39)(H,32,33,35). The van der Waals surface area contributed by atoms with Gasteiger partial charge in [0, 0.05) is 36.8 Å². The summed E-state index contributed by atoms with van der Waals surface area (Å²) in [6.45, 7) is 4.76. The number of hydrogen-bond acceptors (Lipinski definition) is 8. The Balaban J connectivity index is 1.41. The molecule has 3 aromatic carbocycles. The molecule has 2 N–H and O–H groups in total. The molecule has 0 spiro atoms. The molecule has 0 atom stereocenters. The summed E-state index contributed by atoms with van der Waals surface area (Å²) in [6, 6.07) is 15.3. The highest BCUT2D eigenvalue weighted by Crippen LogP contribution is 2.35. The average molecular weight is 550 g/mol. The number of aryl methyl sites for hydroxylation is 2. The first-order chi connectivity index (χ1) is 19.8. The van der Waals surface area contributed by atoms with E-state index in [9.17, 15) is 4.79 Å². The molecule has 0 radical (unpaired) electrons. The first kappa shape index (κ1) is 27.4. The lowest BCUT2D eigenvalue weighted by atomic mass is 10.1. The van der Waals surface area contributed by atoms with Gasteiger partial charge in [-0.15, -0.1) is 0 Å². The maximum absolute atomic E-state index is 12.3. The van der Waals surface area contributed by atoms with Crippen molar-refractivity contribution >= 4 is 45.0 Å². The first-order valence-electron chi connectivity index (χ1n) is 13.1. The lowest BCUT2D eigenvalue weighted by Gasteiger charge is -2.16. The van der Waals surface area contributed by atoms with E-state index in [-0.39, 0.29) is 0 Å². The second-order valence-electron chi connectivity index (χ2n) is 9.78. The monoisotopic (exact) mass is 549 g/mol. The van der Waals surface area contributed by atoms with E-state index < -0.39 is 5.91 Å². The van der Waals surface area contributed by atoms with Gasteiger partial charge in [-0.25, -0.2) is 15.0 Å². The number of amides is 1. The molecule has 0 unspecified atom stereocenters. The number of likely N-dealkylation sites (N-methyl/N-ethyl adjacent to an activating group) is 1. The van der Waals surface area contributed by atoms with Gasteiger partial charge in [0.2, 0.25) is 0 Å². The van der Waals surface area contributed by atoms with Crippen molar-refractivity contribution in [3.05, 3.63) is 66.7 Å². The van der Waals surface area contributed by atoms with Crippen molar-refractivity contribution < 1.29 is 14.3 Å². The van der Waals surface area contributed by atoms with Crippen LogP contribution in [0.4, 0.5) is 17.2 Å². The van der Waals surface area contributed by atoms with Crippen molar-refractivity contribution in [2.45, 2.75) is 13.8 Å². The van der Waals surface area contributed by atoms with E-state index in [1.165, 1.54) is 6.33 Å². The first-order valence-corrected chi connectivity index (χ1v) is 13.1. The lowest BCUT2D eigenvalue weighted by molar-refractivity contribution is -0.111. The highest BCUT2D eigenvalue weighted by Gasteiger charge is 2.14. The fourth-order valence-electron chi connectivity index (χ4n) is 4.29. The number of nitrogens with one attached hydrogen (secondary N) is 2. The molecule has 0 saturated heterocycles. The third kappa shape index (κ3) is 6.37. The molecule has 208 valence electrons. The average Bonchev–Trinajstić information content (AvgIpc) is 3.30. The zero-order valence-electron chi connectivity index (χ0n) is 23.6. The van der Waals surface area contributed by atoms with Gasteiger partial charge in [0.25, 0.3) is 5.91 Å². The quantitative estimate of drug-likeness (QED) is 0.240. The molecule has 5 rings (SSSR count). The summed E-state index contributed by atoms with van der Waals surface area (Å²) < 4.78 is 14.1. The van der Waals surface area contributed by atoms with Gasteiger partial charge in [-0.1, -0.05) is 5.92 Å². The fraction of sp³-hybridized carbons (Fsp3) is 0.226. The number of benzene rings is 3. The molecular weight excluding hydrogens is 518 g/mol. The van der Waals surface area contributed by atoms with Gasteiger partial charge in [-0.05, 0) is 75.8 Å². The van der Waals surface area contributed by atoms with Gasteiger partial charge in [0.1, 0.15) is 36.0 Å². The number of anilines is 3. The number of aromatic nitrogens is 4. The largest absolute Gasteiger partial charge is 0.490 e. The van der Waals surface area contributed by atoms with Crippen molar-refractivity contribution in [2.24, 2.45) is 7.05 Å². The van der Waals surface area contributed by atoms with E-state index in [1.807, 2.05) is 73.9 Å². The minimum Gasteiger partial charge on any atom is -0.490 e. The molecule has 0 aliphatic rings. The third-order valence-electron chi connectivity index (χ3n) is 6.38. The summed E-state index contributed by atoms with van der Waals surface area (Å²) in [7, 11) is 5.90. The van der Waals surface area contributed by atoms with Gasteiger partial charge >= 0.3 is 0 Å². The van der Waals surface area contributed by atoms with Crippen molar-refractivity contribution in [1.82, 2.24) is 24.4 Å². The minimum absolute atomic E-state index is 0.427. The topological polar surface area (TPSA) is 106 Å². The number of carbonyl (C=O) groups is 1. The van der Waals surface area contributed by atoms with Crippen LogP contribution in [-0.4, -0.2) is 57.6 Å². The Morgan fingerprint density at radius 3 is 2.66 bits per heavy atom. The van der Waals surface area contributed by atoms with E-state index in [2.05, 4.69) is 37.4 Å². The van der Waals surface area contributed by atoms with Gasteiger partial charge < -0.3 is 29.6 Å². The highest BCUT2D eigenvalue weighted by atomic mass is 16.5. The van der Waals surface area contributed by atoms with Crippen LogP contribution in [0.15, 0.2) is 61.2 Å². The zero-order valence-corrected chi connectivity index (χ0v) is 23.6. The van der Waals surface area contributed by atoms with E-state index >= 15 is 0 Å². The fourth-order valence-corrected chi connectivity index (χ4v) is 4.29. The van der Waals surface area contributed by atoms with E-state index in [1.54, 1.807) is 25.4 Å². The molecule has 10 nitrogen and oxygen atoms in total. The number of fused-ring (bicyclic) bond motifs is 2. The Morgan fingerprint density at radius 1 is 1.02 bits per heavy atom. The normalized spacial score (nSPS) is 10.9. The Morgan fingerprint density at radius 2 is 1.88 bits per heavy atom. The molecule has 0 bridgehead atoms. The highest BCUT2D eigenvalue weighted by molar-refractivity contribution is 6.06. The number of hydrogen-bond donors (Lipinski definition) is 2. The van der Waals surface area contributed by atoms with Crippen LogP contribution in [-0.2, 0) is 11.8 Å². The van der Waals surface area contributed by atoms with Crippen LogP contribution in [0.5, 0.6) is 17.2 Å². The molecule has 2 aromatic heterocycles. The number of rotatable bonds is 9. The van der Waals surface area contributed by atoms with Crippen LogP contribution in [0.1, 0.15) is 12.5 Å². The number of ether oxygens (including phenoxy) is 2. The van der Waals surface area contributed by atoms with E-state index in [0.717, 1.165) is 28.0 Å². The summed E-state index contributed by atoms with van der Waals surface area (Å²) in [5.41, 5.74) is 4.84. The third-order valence-corrected chi connectivity index (χ3v) is 6.38. The molecule has 10 heteroatoms. The van der Waals surface area contributed by atoms with Crippen LogP contribution in [0.2, 0.25) is 0 Å². The Bertz CT molecular complexity index is 1800. The van der Waals surface area contributed by atoms with Crippen molar-refractivity contribution in [1.29, 1.82) is 0 Å². The van der Waals surface area contributed by atoms with Gasteiger partial charge in [0.05, 0.1) is 28.6 Å². The van der Waals surface area contributed by atoms with E-state index in [0.29, 0.717) is 47.1 Å². The second-order valence-corrected chi connectivity index (χ2v) is 9.78. The summed E-state index contributed by atoms with van der Waals surface area (Å²) in [4.78, 5) is 27.6. The maximum Gasteiger partial charge on any atom is 0.300 e. The predicted molar refractivity (Wildman–Crippen MR) is 161 cm³/mol. The molecular formula is C31H31N7O3. The van der Waals surface area contributed by atoms with Gasteiger partial charge in [0.15, 0.2) is 0 Å². The number of carbonyl (C=O) groups excluding carboxylic acids is 1. The van der Waals surface area contributed by atoms with Gasteiger partial charge in [-0.3, -0.25) is 4.79 Å². The maximum atomic E-state index is 12.3. The summed E-state index contributed by atoms with van der Waals surface area (Å²) in [6.07, 6.45) is 3.28. The predicted octanol–water partition coefficient (Wildman–Crippen LogP) is 5.26. The molecule has 0 aliphatic heterocycles. The molecule has 0 fully saturated rings. The molecule has 41 heavy (non-hydrogen) atoms. The van der Waals surface area contributed by atoms with Crippen molar-refractivity contribution in [3.63, 3.8) is 0 Å². The smallest absolute Gasteiger partial charge is 0.300 e. The Labute approximate surface area is 238 Å². The number of nitrogens with zero attached hydrogens (tertiary/aromatic N) is 5. The number of imidazole rings is 1. The van der Waals surface area contributed by atoms with Crippen LogP contribution in [0, 0.1) is 18.8 Å². The molecule has 0 saturated carbocycles. The van der Waals surface area contributed by atoms with Crippen molar-refractivity contribution in [3.8, 4) is 29.1 Å². The zero-order chi connectivity index (χ0) is 28.9. The van der Waals surface area contributed by atoms with Gasteiger partial charge in [-0.2, -0.15) is 0 Å². The van der Waals surface area contributed by atoms with Crippen LogP contribution < -0.4 is 20.1 Å². The molecule has 1 amide bonds. The Hall–Kier alpha value is -5.14. The Kier molecular flexibility index (Phi) is 7.99. The molecule has 2 heterocycles. The van der Waals surface area contributed by atoms with Crippen LogP contribution in [0.25, 0.3) is 21.9 Å². The SMILES string of the molecule is CC#CC(=O)Nc1cc2c(Nc3ccc(Oc4ccc5c(c4)ncn5C)c(C)c3)ncnc2cc1OCCN(C)C. The second kappa shape index (κ2) is 11.9. The van der Waals surface area contributed by atoms with E-state index in [4.69, 9.17) is 9.47 Å². The molecule has 0 aliphatic carbocycles. The lowest BCUT2D eigenvalue weighted by Crippen LogP contribution is -2.20. The minimum atomic E-state index is -0.427. The van der Waals surface area contributed by atoms with Crippen LogP contribution >= 0.6 is 0 Å². The summed E-state index contributed by atoms with van der Waals surface area (Å²) in [5.74, 6) is 7.25. The molecule has 5 aromatic rings. The summed E-state index contributed by atoms with van der Waals surface area (Å²) >= 11 is 0. The van der Waals surface area contributed by atoms with Crippen molar-refractivity contribution in [2.75, 3.05) is 37.9 Å².